The first-order valence-electron chi connectivity index (χ1n) is 11.0. The summed E-state index contributed by atoms with van der Waals surface area (Å²) in [7, 11) is 0. The Morgan fingerprint density at radius 2 is 1.21 bits per heavy atom. The third kappa shape index (κ3) is 2.45. The van der Waals surface area contributed by atoms with Gasteiger partial charge in [0.05, 0.1) is 21.3 Å². The van der Waals surface area contributed by atoms with E-state index in [1.54, 1.807) is 11.3 Å². The van der Waals surface area contributed by atoms with Crippen LogP contribution in [0.2, 0.25) is 0 Å². The average Bonchev–Trinajstić information content (AvgIpc) is 3.52. The predicted octanol–water partition coefficient (Wildman–Crippen LogP) is 8.91. The van der Waals surface area contributed by atoms with Crippen molar-refractivity contribution in [2.24, 2.45) is 0 Å². The van der Waals surface area contributed by atoms with Crippen LogP contribution in [-0.4, -0.2) is 9.55 Å². The molecule has 5 aromatic carbocycles. The fourth-order valence-electron chi connectivity index (χ4n) is 5.08. The molecule has 2 nitrogen and oxygen atoms in total. The zero-order valence-electron chi connectivity index (χ0n) is 17.4. The van der Waals surface area contributed by atoms with Gasteiger partial charge >= 0.3 is 0 Å². The van der Waals surface area contributed by atoms with Crippen molar-refractivity contribution in [2.75, 3.05) is 0 Å². The highest BCUT2D eigenvalue weighted by Gasteiger charge is 2.18. The molecule has 0 aliphatic rings. The van der Waals surface area contributed by atoms with Crippen LogP contribution in [0.1, 0.15) is 0 Å². The second kappa shape index (κ2) is 6.41. The van der Waals surface area contributed by atoms with Crippen LogP contribution in [0.4, 0.5) is 0 Å². The predicted molar refractivity (Wildman–Crippen MR) is 144 cm³/mol. The number of fused-ring (bicyclic) bond motifs is 8. The van der Waals surface area contributed by atoms with Crippen LogP contribution in [0.15, 0.2) is 97.1 Å². The number of hydrogen-bond acceptors (Lipinski definition) is 3. The summed E-state index contributed by atoms with van der Waals surface area (Å²) in [6.45, 7) is 0. The van der Waals surface area contributed by atoms with Gasteiger partial charge < -0.3 is 0 Å². The summed E-state index contributed by atoms with van der Waals surface area (Å²) in [4.78, 5) is 5.05. The molecule has 0 N–H and O–H groups in total. The number of hydrogen-bond donors (Lipinski definition) is 0. The summed E-state index contributed by atoms with van der Waals surface area (Å²) < 4.78 is 6.25. The molecule has 0 saturated heterocycles. The van der Waals surface area contributed by atoms with E-state index < -0.39 is 0 Å². The summed E-state index contributed by atoms with van der Waals surface area (Å²) in [5.41, 5.74) is 3.48. The third-order valence-corrected chi connectivity index (χ3v) is 8.76. The highest BCUT2D eigenvalue weighted by atomic mass is 32.1. The Balaban J connectivity index is 1.60. The molecule has 3 heterocycles. The van der Waals surface area contributed by atoms with E-state index in [4.69, 9.17) is 4.98 Å². The van der Waals surface area contributed by atoms with Gasteiger partial charge in [-0.3, -0.25) is 4.57 Å². The van der Waals surface area contributed by atoms with Crippen LogP contribution in [0.3, 0.4) is 0 Å². The molecule has 3 aromatic heterocycles. The molecule has 33 heavy (non-hydrogen) atoms. The van der Waals surface area contributed by atoms with Crippen molar-refractivity contribution < 1.29 is 0 Å². The normalized spacial score (nSPS) is 12.2. The average molecular weight is 457 g/mol. The van der Waals surface area contributed by atoms with Gasteiger partial charge in [0.2, 0.25) is 0 Å². The standard InChI is InChI=1S/C29H16N2S2/c1-2-8-18-14-24-20(13-17(18)7-1)21-16-28-22(19-9-3-5-11-26(19)32-28)15-25(21)31(24)29-30-23-10-4-6-12-27(23)33-29/h1-16H. The Morgan fingerprint density at radius 3 is 2.09 bits per heavy atom. The second-order valence-electron chi connectivity index (χ2n) is 8.48. The van der Waals surface area contributed by atoms with Gasteiger partial charge in [-0.15, -0.1) is 11.3 Å². The molecule has 0 bridgehead atoms. The summed E-state index contributed by atoms with van der Waals surface area (Å²) in [6, 6.07) is 35.2. The molecule has 0 radical (unpaired) electrons. The van der Waals surface area contributed by atoms with Crippen LogP contribution >= 0.6 is 22.7 Å². The summed E-state index contributed by atoms with van der Waals surface area (Å²) >= 11 is 3.63. The van der Waals surface area contributed by atoms with E-state index >= 15 is 0 Å². The van der Waals surface area contributed by atoms with Crippen molar-refractivity contribution in [1.82, 2.24) is 9.55 Å². The molecule has 0 aliphatic heterocycles. The van der Waals surface area contributed by atoms with Crippen molar-refractivity contribution >= 4 is 85.6 Å². The van der Waals surface area contributed by atoms with Crippen molar-refractivity contribution in [3.63, 3.8) is 0 Å². The molecule has 0 saturated carbocycles. The smallest absolute Gasteiger partial charge is 0.195 e. The highest BCUT2D eigenvalue weighted by Crippen LogP contribution is 2.42. The number of nitrogens with zero attached hydrogens (tertiary/aromatic N) is 2. The molecule has 0 aliphatic carbocycles. The van der Waals surface area contributed by atoms with Gasteiger partial charge in [-0.1, -0.05) is 65.9 Å². The maximum absolute atomic E-state index is 5.05. The fraction of sp³-hybridized carbons (Fsp3) is 0. The number of thiophene rings is 1. The number of rotatable bonds is 1. The van der Waals surface area contributed by atoms with E-state index in [1.165, 1.54) is 57.5 Å². The van der Waals surface area contributed by atoms with E-state index in [2.05, 4.69) is 102 Å². The zero-order chi connectivity index (χ0) is 21.5. The largest absolute Gasteiger partial charge is 0.285 e. The molecule has 0 atom stereocenters. The van der Waals surface area contributed by atoms with Gasteiger partial charge in [0.1, 0.15) is 0 Å². The lowest BCUT2D eigenvalue weighted by Crippen LogP contribution is -1.92. The maximum atomic E-state index is 5.05. The minimum atomic E-state index is 1.02. The number of aromatic nitrogens is 2. The monoisotopic (exact) mass is 456 g/mol. The minimum absolute atomic E-state index is 1.02. The lowest BCUT2D eigenvalue weighted by Gasteiger charge is -2.04. The van der Waals surface area contributed by atoms with E-state index in [-0.39, 0.29) is 0 Å². The summed E-state index contributed by atoms with van der Waals surface area (Å²) in [6.07, 6.45) is 0. The van der Waals surface area contributed by atoms with Gasteiger partial charge in [-0.25, -0.2) is 4.98 Å². The molecule has 0 fully saturated rings. The SMILES string of the molecule is c1ccc2cc3c(cc2c1)c1cc2sc4ccccc4c2cc1n3-c1nc2ccccc2s1. The molecule has 0 amide bonds. The molecule has 8 aromatic rings. The highest BCUT2D eigenvalue weighted by molar-refractivity contribution is 7.26. The van der Waals surface area contributed by atoms with Crippen molar-refractivity contribution in [3.05, 3.63) is 97.1 Å². The molecule has 0 spiro atoms. The molecule has 4 heteroatoms. The van der Waals surface area contributed by atoms with Crippen molar-refractivity contribution in [3.8, 4) is 5.13 Å². The first kappa shape index (κ1) is 17.8. The molecule has 154 valence electrons. The van der Waals surface area contributed by atoms with Crippen molar-refractivity contribution in [2.45, 2.75) is 0 Å². The Hall–Kier alpha value is -3.73. The Morgan fingerprint density at radius 1 is 0.515 bits per heavy atom. The molecule has 0 unspecified atom stereocenters. The lowest BCUT2D eigenvalue weighted by atomic mass is 10.1. The summed E-state index contributed by atoms with van der Waals surface area (Å²) in [5, 5.41) is 8.75. The third-order valence-electron chi connectivity index (χ3n) is 6.60. The van der Waals surface area contributed by atoms with E-state index in [9.17, 15) is 0 Å². The molecule has 8 rings (SSSR count). The maximum Gasteiger partial charge on any atom is 0.195 e. The Kier molecular flexibility index (Phi) is 3.45. The zero-order valence-corrected chi connectivity index (χ0v) is 19.1. The lowest BCUT2D eigenvalue weighted by molar-refractivity contribution is 1.15. The van der Waals surface area contributed by atoms with Crippen LogP contribution < -0.4 is 0 Å². The quantitative estimate of drug-likeness (QED) is 0.241. The number of para-hydroxylation sites is 1. The van der Waals surface area contributed by atoms with Crippen LogP contribution in [0, 0.1) is 0 Å². The first-order chi connectivity index (χ1) is 16.3. The summed E-state index contributed by atoms with van der Waals surface area (Å²) in [5.74, 6) is 0. The van der Waals surface area contributed by atoms with Crippen LogP contribution in [0.25, 0.3) is 68.1 Å². The van der Waals surface area contributed by atoms with Crippen molar-refractivity contribution in [1.29, 1.82) is 0 Å². The number of benzene rings is 5. The van der Waals surface area contributed by atoms with E-state index in [1.807, 2.05) is 11.3 Å². The Labute approximate surface area is 196 Å². The molecular weight excluding hydrogens is 440 g/mol. The van der Waals surface area contributed by atoms with Crippen LogP contribution in [0.5, 0.6) is 0 Å². The topological polar surface area (TPSA) is 17.8 Å². The first-order valence-corrected chi connectivity index (χ1v) is 12.6. The minimum Gasteiger partial charge on any atom is -0.285 e. The molecular formula is C29H16N2S2. The number of thiazole rings is 1. The Bertz CT molecular complexity index is 2000. The van der Waals surface area contributed by atoms with E-state index in [0.29, 0.717) is 0 Å². The van der Waals surface area contributed by atoms with Gasteiger partial charge in [0, 0.05) is 30.9 Å². The van der Waals surface area contributed by atoms with Gasteiger partial charge in [-0.05, 0) is 53.2 Å². The van der Waals surface area contributed by atoms with Gasteiger partial charge in [-0.2, -0.15) is 0 Å². The van der Waals surface area contributed by atoms with Crippen LogP contribution in [-0.2, 0) is 0 Å². The fourth-order valence-corrected chi connectivity index (χ4v) is 7.20. The second-order valence-corrected chi connectivity index (χ2v) is 10.6. The van der Waals surface area contributed by atoms with Gasteiger partial charge in [0.15, 0.2) is 5.13 Å². The van der Waals surface area contributed by atoms with E-state index in [0.717, 1.165) is 10.6 Å². The van der Waals surface area contributed by atoms with Gasteiger partial charge in [0.25, 0.3) is 0 Å².